The molecule has 3 aromatic carbocycles. The van der Waals surface area contributed by atoms with Crippen molar-refractivity contribution in [2.75, 3.05) is 12.4 Å². The zero-order chi connectivity index (χ0) is 17.1. The van der Waals surface area contributed by atoms with Gasteiger partial charge in [0.1, 0.15) is 5.82 Å². The SMILES string of the molecule is CN(Cc1ccc2ccccc2c1)C(=S)Nc1ccc(F)c(Cl)c1. The maximum atomic E-state index is 13.2. The van der Waals surface area contributed by atoms with Crippen LogP contribution in [0.3, 0.4) is 0 Å². The lowest BCUT2D eigenvalue weighted by Gasteiger charge is -2.21. The summed E-state index contributed by atoms with van der Waals surface area (Å²) in [4.78, 5) is 1.93. The summed E-state index contributed by atoms with van der Waals surface area (Å²) >= 11 is 11.2. The van der Waals surface area contributed by atoms with Crippen LogP contribution in [0.4, 0.5) is 10.1 Å². The molecule has 0 spiro atoms. The first kappa shape index (κ1) is 16.7. The third-order valence-corrected chi connectivity index (χ3v) is 4.45. The van der Waals surface area contributed by atoms with Gasteiger partial charge < -0.3 is 10.2 Å². The van der Waals surface area contributed by atoms with Crippen LogP contribution in [0.15, 0.2) is 60.7 Å². The summed E-state index contributed by atoms with van der Waals surface area (Å²) < 4.78 is 13.2. The van der Waals surface area contributed by atoms with E-state index in [2.05, 4.69) is 35.6 Å². The lowest BCUT2D eigenvalue weighted by Crippen LogP contribution is -2.30. The molecular weight excluding hydrogens is 343 g/mol. The van der Waals surface area contributed by atoms with Crippen molar-refractivity contribution in [3.05, 3.63) is 77.1 Å². The highest BCUT2D eigenvalue weighted by atomic mass is 35.5. The topological polar surface area (TPSA) is 15.3 Å². The second-order valence-electron chi connectivity index (χ2n) is 5.60. The van der Waals surface area contributed by atoms with E-state index in [-0.39, 0.29) is 5.02 Å². The molecular formula is C19H16ClFN2S. The zero-order valence-corrected chi connectivity index (χ0v) is 14.7. The van der Waals surface area contributed by atoms with Gasteiger partial charge in [-0.2, -0.15) is 0 Å². The normalized spacial score (nSPS) is 10.6. The standard InChI is InChI=1S/C19H16ClFN2S/c1-23(19(24)22-16-8-9-18(21)17(20)11-16)12-13-6-7-14-4-2-3-5-15(14)10-13/h2-11H,12H2,1H3,(H,22,24). The Morgan fingerprint density at radius 1 is 1.08 bits per heavy atom. The smallest absolute Gasteiger partial charge is 0.173 e. The molecule has 0 bridgehead atoms. The predicted octanol–water partition coefficient (Wildman–Crippen LogP) is 5.46. The number of fused-ring (bicyclic) bond motifs is 1. The fourth-order valence-electron chi connectivity index (χ4n) is 2.48. The van der Waals surface area contributed by atoms with Crippen LogP contribution in [0.5, 0.6) is 0 Å². The average Bonchev–Trinajstić information content (AvgIpc) is 2.58. The molecule has 5 heteroatoms. The van der Waals surface area contributed by atoms with Crippen LogP contribution in [-0.2, 0) is 6.54 Å². The average molecular weight is 359 g/mol. The van der Waals surface area contributed by atoms with Crippen molar-refractivity contribution in [1.82, 2.24) is 4.90 Å². The summed E-state index contributed by atoms with van der Waals surface area (Å²) in [5, 5.41) is 6.10. The molecule has 0 fully saturated rings. The first-order chi connectivity index (χ1) is 11.5. The van der Waals surface area contributed by atoms with Gasteiger partial charge in [-0.25, -0.2) is 4.39 Å². The van der Waals surface area contributed by atoms with Crippen molar-refractivity contribution >= 4 is 45.4 Å². The van der Waals surface area contributed by atoms with Gasteiger partial charge in [-0.05, 0) is 52.8 Å². The molecule has 3 aromatic rings. The van der Waals surface area contributed by atoms with Crippen LogP contribution in [0.25, 0.3) is 10.8 Å². The minimum absolute atomic E-state index is 0.0694. The van der Waals surface area contributed by atoms with Crippen molar-refractivity contribution in [2.45, 2.75) is 6.54 Å². The summed E-state index contributed by atoms with van der Waals surface area (Å²) in [6.45, 7) is 0.672. The molecule has 0 unspecified atom stereocenters. The number of rotatable bonds is 3. The first-order valence-electron chi connectivity index (χ1n) is 7.48. The molecule has 0 aliphatic rings. The summed E-state index contributed by atoms with van der Waals surface area (Å²) in [6.07, 6.45) is 0. The van der Waals surface area contributed by atoms with Crippen LogP contribution in [-0.4, -0.2) is 17.1 Å². The van der Waals surface area contributed by atoms with Crippen molar-refractivity contribution in [1.29, 1.82) is 0 Å². The molecule has 0 saturated carbocycles. The van der Waals surface area contributed by atoms with E-state index in [0.29, 0.717) is 17.3 Å². The molecule has 0 radical (unpaired) electrons. The molecule has 3 rings (SSSR count). The number of hydrogen-bond acceptors (Lipinski definition) is 1. The fourth-order valence-corrected chi connectivity index (χ4v) is 2.84. The summed E-state index contributed by atoms with van der Waals surface area (Å²) in [5.41, 5.74) is 1.83. The quantitative estimate of drug-likeness (QED) is 0.626. The molecule has 1 N–H and O–H groups in total. The largest absolute Gasteiger partial charge is 0.348 e. The Labute approximate surface area is 150 Å². The number of nitrogens with one attached hydrogen (secondary N) is 1. The predicted molar refractivity (Wildman–Crippen MR) is 103 cm³/mol. The molecule has 24 heavy (non-hydrogen) atoms. The van der Waals surface area contributed by atoms with Crippen LogP contribution >= 0.6 is 23.8 Å². The zero-order valence-electron chi connectivity index (χ0n) is 13.1. The number of thiocarbonyl (C=S) groups is 1. The number of nitrogens with zero attached hydrogens (tertiary/aromatic N) is 1. The van der Waals surface area contributed by atoms with Crippen LogP contribution < -0.4 is 5.32 Å². The minimum Gasteiger partial charge on any atom is -0.348 e. The Balaban J connectivity index is 1.69. The molecule has 2 nitrogen and oxygen atoms in total. The van der Waals surface area contributed by atoms with Gasteiger partial charge in [0.15, 0.2) is 5.11 Å². The van der Waals surface area contributed by atoms with Crippen molar-refractivity contribution in [2.24, 2.45) is 0 Å². The van der Waals surface area contributed by atoms with Gasteiger partial charge in [0, 0.05) is 19.3 Å². The van der Waals surface area contributed by atoms with E-state index in [1.807, 2.05) is 24.1 Å². The van der Waals surface area contributed by atoms with Gasteiger partial charge >= 0.3 is 0 Å². The summed E-state index contributed by atoms with van der Waals surface area (Å²) in [7, 11) is 1.91. The number of anilines is 1. The Kier molecular flexibility index (Phi) is 4.97. The summed E-state index contributed by atoms with van der Waals surface area (Å²) in [5.74, 6) is -0.447. The van der Waals surface area contributed by atoms with Crippen LogP contribution in [0.2, 0.25) is 5.02 Å². The second kappa shape index (κ2) is 7.16. The highest BCUT2D eigenvalue weighted by Crippen LogP contribution is 2.20. The van der Waals surface area contributed by atoms with Gasteiger partial charge in [-0.3, -0.25) is 0 Å². The molecule has 0 atom stereocenters. The Morgan fingerprint density at radius 3 is 2.58 bits per heavy atom. The van der Waals surface area contributed by atoms with Crippen LogP contribution in [0.1, 0.15) is 5.56 Å². The fraction of sp³-hybridized carbons (Fsp3) is 0.105. The molecule has 0 amide bonds. The number of halogens is 2. The van der Waals surface area contributed by atoms with E-state index in [1.165, 1.54) is 22.9 Å². The van der Waals surface area contributed by atoms with Gasteiger partial charge in [0.2, 0.25) is 0 Å². The highest BCUT2D eigenvalue weighted by Gasteiger charge is 2.08. The van der Waals surface area contributed by atoms with Crippen molar-refractivity contribution < 1.29 is 4.39 Å². The van der Waals surface area contributed by atoms with Gasteiger partial charge in [-0.1, -0.05) is 48.0 Å². The van der Waals surface area contributed by atoms with Gasteiger partial charge in [0.25, 0.3) is 0 Å². The highest BCUT2D eigenvalue weighted by molar-refractivity contribution is 7.80. The molecule has 0 aliphatic heterocycles. The van der Waals surface area contributed by atoms with Crippen molar-refractivity contribution in [3.63, 3.8) is 0 Å². The van der Waals surface area contributed by atoms with Crippen molar-refractivity contribution in [3.8, 4) is 0 Å². The Bertz CT molecular complexity index is 897. The Morgan fingerprint density at radius 2 is 1.83 bits per heavy atom. The molecule has 122 valence electrons. The maximum Gasteiger partial charge on any atom is 0.173 e. The van der Waals surface area contributed by atoms with Gasteiger partial charge in [-0.15, -0.1) is 0 Å². The maximum absolute atomic E-state index is 13.2. The molecule has 0 saturated heterocycles. The lowest BCUT2D eigenvalue weighted by atomic mass is 10.1. The monoisotopic (exact) mass is 358 g/mol. The van der Waals surface area contributed by atoms with Gasteiger partial charge in [0.05, 0.1) is 5.02 Å². The third kappa shape index (κ3) is 3.83. The van der Waals surface area contributed by atoms with E-state index in [4.69, 9.17) is 23.8 Å². The Hall–Kier alpha value is -2.17. The lowest BCUT2D eigenvalue weighted by molar-refractivity contribution is 0.509. The van der Waals surface area contributed by atoms with E-state index in [0.717, 1.165) is 5.56 Å². The third-order valence-electron chi connectivity index (χ3n) is 3.75. The van der Waals surface area contributed by atoms with E-state index < -0.39 is 5.82 Å². The molecule has 0 aromatic heterocycles. The van der Waals surface area contributed by atoms with Crippen LogP contribution in [0, 0.1) is 5.82 Å². The first-order valence-corrected chi connectivity index (χ1v) is 8.26. The number of benzene rings is 3. The summed E-state index contributed by atoms with van der Waals surface area (Å²) in [6, 6.07) is 19.0. The number of hydrogen-bond donors (Lipinski definition) is 1. The molecule has 0 heterocycles. The minimum atomic E-state index is -0.447. The van der Waals surface area contributed by atoms with E-state index in [1.54, 1.807) is 6.07 Å². The molecule has 0 aliphatic carbocycles. The van der Waals surface area contributed by atoms with E-state index >= 15 is 0 Å². The van der Waals surface area contributed by atoms with E-state index in [9.17, 15) is 4.39 Å². The second-order valence-corrected chi connectivity index (χ2v) is 6.39.